The Kier molecular flexibility index (Phi) is 4.17. The van der Waals surface area contributed by atoms with Crippen LogP contribution in [-0.2, 0) is 11.4 Å². The number of nitrogens with two attached hydrogens (primary N) is 1. The molecular weight excluding hydrogens is 342 g/mol. The molecule has 26 heavy (non-hydrogen) atoms. The Morgan fingerprint density at radius 2 is 1.92 bits per heavy atom. The second-order valence-electron chi connectivity index (χ2n) is 7.13. The molecule has 1 atom stereocenters. The number of nitrogens with zero attached hydrogens (tertiary/aromatic N) is 2. The number of aromatic nitrogens is 2. The lowest BCUT2D eigenvalue weighted by Gasteiger charge is -2.25. The normalized spacial score (nSPS) is 18.0. The number of H-pyrrole nitrogens is 2. The summed E-state index contributed by atoms with van der Waals surface area (Å²) in [7, 11) is 0. The summed E-state index contributed by atoms with van der Waals surface area (Å²) in [6.45, 7) is 6.00. The van der Waals surface area contributed by atoms with Gasteiger partial charge in [-0.15, -0.1) is 5.06 Å². The molecule has 2 heterocycles. The number of hydrogen-bond donors (Lipinski definition) is 3. The topological polar surface area (TPSA) is 147 Å². The Morgan fingerprint density at radius 3 is 2.50 bits per heavy atom. The minimum Gasteiger partial charge on any atom is -0.408 e. The highest BCUT2D eigenvalue weighted by Gasteiger charge is 2.31. The average Bonchev–Trinajstić information content (AvgIpc) is 2.90. The van der Waals surface area contributed by atoms with Crippen molar-refractivity contribution in [1.29, 1.82) is 0 Å². The van der Waals surface area contributed by atoms with Gasteiger partial charge in [0.2, 0.25) is 0 Å². The molecule has 10 nitrogen and oxygen atoms in total. The van der Waals surface area contributed by atoms with Gasteiger partial charge < -0.3 is 20.5 Å². The molecule has 1 aliphatic heterocycles. The Bertz CT molecular complexity index is 1030. The zero-order valence-corrected chi connectivity index (χ0v) is 14.5. The van der Waals surface area contributed by atoms with Crippen LogP contribution in [0.25, 0.3) is 11.0 Å². The first-order valence-corrected chi connectivity index (χ1v) is 7.92. The van der Waals surface area contributed by atoms with E-state index in [1.807, 2.05) is 20.8 Å². The van der Waals surface area contributed by atoms with Crippen molar-refractivity contribution in [3.63, 3.8) is 0 Å². The first-order chi connectivity index (χ1) is 12.1. The predicted octanol–water partition coefficient (Wildman–Crippen LogP) is 1.09. The van der Waals surface area contributed by atoms with E-state index >= 15 is 0 Å². The predicted molar refractivity (Wildman–Crippen MR) is 94.0 cm³/mol. The van der Waals surface area contributed by atoms with E-state index in [1.165, 1.54) is 17.2 Å². The van der Waals surface area contributed by atoms with Crippen molar-refractivity contribution < 1.29 is 9.76 Å². The van der Waals surface area contributed by atoms with Crippen molar-refractivity contribution in [3.05, 3.63) is 60.4 Å². The second kappa shape index (κ2) is 6.07. The lowest BCUT2D eigenvalue weighted by molar-refractivity contribution is -0.384. The molecule has 0 spiro atoms. The molecular formula is C16H19N5O5. The molecule has 1 aromatic carbocycles. The van der Waals surface area contributed by atoms with E-state index in [-0.39, 0.29) is 23.2 Å². The van der Waals surface area contributed by atoms with E-state index in [1.54, 1.807) is 6.08 Å². The fraction of sp³-hybridized carbons (Fsp3) is 0.375. The van der Waals surface area contributed by atoms with E-state index in [4.69, 9.17) is 10.6 Å². The Hall–Kier alpha value is -2.98. The summed E-state index contributed by atoms with van der Waals surface area (Å²) in [5.41, 5.74) is 4.74. The van der Waals surface area contributed by atoms with Gasteiger partial charge in [-0.25, -0.2) is 0 Å². The van der Waals surface area contributed by atoms with Crippen LogP contribution in [0.1, 0.15) is 26.3 Å². The minimum absolute atomic E-state index is 0.0808. The Morgan fingerprint density at radius 1 is 1.27 bits per heavy atom. The Balaban J connectivity index is 2.05. The van der Waals surface area contributed by atoms with Crippen LogP contribution in [0, 0.1) is 15.5 Å². The van der Waals surface area contributed by atoms with Crippen LogP contribution in [0.15, 0.2) is 33.6 Å². The van der Waals surface area contributed by atoms with Crippen molar-refractivity contribution in [2.75, 3.05) is 0 Å². The van der Waals surface area contributed by atoms with Crippen molar-refractivity contribution in [1.82, 2.24) is 15.0 Å². The fourth-order valence-corrected chi connectivity index (χ4v) is 2.66. The monoisotopic (exact) mass is 361 g/mol. The van der Waals surface area contributed by atoms with E-state index in [2.05, 4.69) is 9.97 Å². The molecule has 10 heteroatoms. The average molecular weight is 361 g/mol. The van der Waals surface area contributed by atoms with E-state index < -0.39 is 22.2 Å². The van der Waals surface area contributed by atoms with Crippen molar-refractivity contribution in [2.45, 2.75) is 33.5 Å². The largest absolute Gasteiger partial charge is 0.408 e. The van der Waals surface area contributed by atoms with E-state index in [0.717, 1.165) is 0 Å². The number of benzene rings is 1. The van der Waals surface area contributed by atoms with Crippen molar-refractivity contribution in [3.8, 4) is 0 Å². The third kappa shape index (κ3) is 3.24. The number of hydrogen-bond acceptors (Lipinski definition) is 7. The molecule has 0 aliphatic carbocycles. The zero-order valence-electron chi connectivity index (χ0n) is 14.5. The molecule has 138 valence electrons. The van der Waals surface area contributed by atoms with Gasteiger partial charge in [-0.3, -0.25) is 19.7 Å². The lowest BCUT2D eigenvalue weighted by atomic mass is 9.94. The highest BCUT2D eigenvalue weighted by Crippen LogP contribution is 2.33. The number of nitro groups is 1. The summed E-state index contributed by atoms with van der Waals surface area (Å²) in [5.74, 6) is 0.682. The van der Waals surface area contributed by atoms with Crippen molar-refractivity contribution >= 4 is 16.7 Å². The van der Waals surface area contributed by atoms with Gasteiger partial charge in [-0.05, 0) is 6.08 Å². The third-order valence-electron chi connectivity index (χ3n) is 4.04. The Labute approximate surface area is 147 Å². The summed E-state index contributed by atoms with van der Waals surface area (Å²) in [6, 6.07) is 2.52. The van der Waals surface area contributed by atoms with Crippen LogP contribution in [-0.4, -0.2) is 26.1 Å². The van der Waals surface area contributed by atoms with Crippen LogP contribution in [0.3, 0.4) is 0 Å². The number of aromatic amines is 2. The third-order valence-corrected chi connectivity index (χ3v) is 4.04. The summed E-state index contributed by atoms with van der Waals surface area (Å²) in [5, 5.41) is 12.7. The minimum atomic E-state index is -0.880. The summed E-state index contributed by atoms with van der Waals surface area (Å²) in [6.07, 6.45) is 1.22. The molecule has 2 aromatic rings. The van der Waals surface area contributed by atoms with Gasteiger partial charge in [0.15, 0.2) is 0 Å². The molecule has 0 radical (unpaired) electrons. The van der Waals surface area contributed by atoms with Gasteiger partial charge in [-0.1, -0.05) is 20.8 Å². The molecule has 0 amide bonds. The number of fused-ring (bicyclic) bond motifs is 1. The number of rotatable bonds is 3. The van der Waals surface area contributed by atoms with Crippen LogP contribution >= 0.6 is 0 Å². The van der Waals surface area contributed by atoms with E-state index in [9.17, 15) is 19.7 Å². The van der Waals surface area contributed by atoms with Crippen LogP contribution < -0.4 is 16.9 Å². The second-order valence-corrected chi connectivity index (χ2v) is 7.13. The first kappa shape index (κ1) is 17.8. The van der Waals surface area contributed by atoms with Gasteiger partial charge in [0.05, 0.1) is 22.5 Å². The quantitative estimate of drug-likeness (QED) is 0.421. The molecule has 1 aliphatic rings. The highest BCUT2D eigenvalue weighted by molar-refractivity contribution is 5.80. The molecule has 0 saturated carbocycles. The summed E-state index contributed by atoms with van der Waals surface area (Å²) < 4.78 is 0. The number of nitrogens with one attached hydrogen (secondary N) is 2. The zero-order chi connectivity index (χ0) is 19.2. The van der Waals surface area contributed by atoms with Gasteiger partial charge in [0, 0.05) is 23.1 Å². The maximum atomic E-state index is 11.7. The van der Waals surface area contributed by atoms with Crippen molar-refractivity contribution in [2.24, 2.45) is 11.1 Å². The molecule has 1 unspecified atom stereocenters. The van der Waals surface area contributed by atoms with Gasteiger partial charge >= 0.3 is 11.1 Å². The van der Waals surface area contributed by atoms with Gasteiger partial charge in [0.25, 0.3) is 5.69 Å². The standard InChI is InChI=1S/C16H19N5O5/c1-16(2,3)11-6-12(17)20(26-11)7-8-4-9(21(24)25)5-10-13(8)19-15(23)14(22)18-10/h4-6,12H,7,17H2,1-3H3,(H,18,22)(H,19,23). The maximum Gasteiger partial charge on any atom is 0.314 e. The number of non-ortho nitro benzene ring substituents is 1. The van der Waals surface area contributed by atoms with Crippen LogP contribution in [0.4, 0.5) is 5.69 Å². The molecule has 4 N–H and O–H groups in total. The van der Waals surface area contributed by atoms with Gasteiger partial charge in [0.1, 0.15) is 11.9 Å². The first-order valence-electron chi connectivity index (χ1n) is 7.92. The van der Waals surface area contributed by atoms with Crippen LogP contribution in [0.2, 0.25) is 0 Å². The summed E-state index contributed by atoms with van der Waals surface area (Å²) >= 11 is 0. The van der Waals surface area contributed by atoms with Gasteiger partial charge in [-0.2, -0.15) is 0 Å². The smallest absolute Gasteiger partial charge is 0.314 e. The number of allylic oxidation sites excluding steroid dienone is 1. The van der Waals surface area contributed by atoms with E-state index in [0.29, 0.717) is 16.8 Å². The molecule has 0 fully saturated rings. The lowest BCUT2D eigenvalue weighted by Crippen LogP contribution is -2.36. The SMILES string of the molecule is CC(C)(C)C1=CC(N)N(Cc2cc([N+](=O)[O-])cc3[nH]c(=O)c(=O)[nH]c23)O1. The number of hydroxylamine groups is 2. The molecule has 3 rings (SSSR count). The maximum absolute atomic E-state index is 11.7. The van der Waals surface area contributed by atoms with Crippen LogP contribution in [0.5, 0.6) is 0 Å². The molecule has 0 bridgehead atoms. The molecule has 1 aromatic heterocycles. The molecule has 0 saturated heterocycles. The highest BCUT2D eigenvalue weighted by atomic mass is 16.7. The fourth-order valence-electron chi connectivity index (χ4n) is 2.66. The number of nitro benzene ring substituents is 1. The summed E-state index contributed by atoms with van der Waals surface area (Å²) in [4.78, 5) is 44.4.